The fourth-order valence-corrected chi connectivity index (χ4v) is 1.08. The minimum Gasteiger partial charge on any atom is -1.00 e. The van der Waals surface area contributed by atoms with Gasteiger partial charge in [0.25, 0.3) is 0 Å². The van der Waals surface area contributed by atoms with Crippen LogP contribution in [0.1, 0.15) is 48.0 Å². The van der Waals surface area contributed by atoms with Crippen molar-refractivity contribution in [1.29, 1.82) is 0 Å². The molecule has 0 aliphatic rings. The standard InChI is InChI=1S/C10H16N.C6H9N.HI.2Li/c1-6-8-10(4,5)9(3)11-7-2;1-4-6(7)5(2)3;;;/h3,6H,8H2,1-2,4-5H3;1,4-5H,2-3H3;1H;;/q-3;-2;;2*+1/p-1. The summed E-state index contributed by atoms with van der Waals surface area (Å²) in [5, 5.41) is 8.67. The molecule has 0 unspecified atom stereocenters. The molecule has 0 spiro atoms. The van der Waals surface area contributed by atoms with Crippen molar-refractivity contribution in [2.24, 2.45) is 16.3 Å². The molecule has 0 rings (SSSR count). The predicted molar refractivity (Wildman–Crippen MR) is 81.4 cm³/mol. The fraction of sp³-hybridized carbons (Fsp3) is 0.562. The predicted octanol–water partition coefficient (Wildman–Crippen LogP) is -4.43. The summed E-state index contributed by atoms with van der Waals surface area (Å²) in [5.41, 5.74) is 0.871. The largest absolute Gasteiger partial charge is 1.00 e. The van der Waals surface area contributed by atoms with E-state index in [1.165, 1.54) is 6.08 Å². The molecule has 0 aliphatic carbocycles. The maximum Gasteiger partial charge on any atom is 1.00 e. The van der Waals surface area contributed by atoms with E-state index in [4.69, 9.17) is 18.6 Å². The van der Waals surface area contributed by atoms with Crippen molar-refractivity contribution < 1.29 is 61.7 Å². The summed E-state index contributed by atoms with van der Waals surface area (Å²) in [6, 6.07) is 0. The Morgan fingerprint density at radius 3 is 2.00 bits per heavy atom. The normalized spacial score (nSPS) is 9.48. The molecular formula is C16H25ILi2N2-4. The third kappa shape index (κ3) is 18.7. The van der Waals surface area contributed by atoms with Gasteiger partial charge in [0, 0.05) is 0 Å². The maximum atomic E-state index is 8.67. The number of allylic oxidation sites excluding steroid dienone is 2. The Kier molecular flexibility index (Phi) is 29.9. The summed E-state index contributed by atoms with van der Waals surface area (Å²) < 4.78 is 0. The molecule has 5 heteroatoms. The number of aliphatic imine (C=N–C) groups is 1. The Bertz CT molecular complexity index is 311. The molecule has 0 aromatic carbocycles. The van der Waals surface area contributed by atoms with E-state index in [1.807, 2.05) is 20.8 Å². The SMILES string of the molecule is [CH-]=C(N=[C-]C)C(C)(C)C[CH-]C.[CH-]=CC(=[N-])C(C)C.[I-].[Li+].[Li+]. The second kappa shape index (κ2) is 18.8. The first-order valence-corrected chi connectivity index (χ1v) is 6.11. The van der Waals surface area contributed by atoms with Gasteiger partial charge in [-0.05, 0) is 0 Å². The van der Waals surface area contributed by atoms with Crippen molar-refractivity contribution in [3.63, 3.8) is 0 Å². The maximum absolute atomic E-state index is 8.67. The molecule has 0 heterocycles. The van der Waals surface area contributed by atoms with Crippen LogP contribution in [0.2, 0.25) is 0 Å². The van der Waals surface area contributed by atoms with Crippen LogP contribution in [-0.4, -0.2) is 11.9 Å². The molecule has 0 aromatic heterocycles. The van der Waals surface area contributed by atoms with Gasteiger partial charge in [0.1, 0.15) is 0 Å². The van der Waals surface area contributed by atoms with E-state index in [2.05, 4.69) is 31.5 Å². The summed E-state index contributed by atoms with van der Waals surface area (Å²) in [4.78, 5) is 3.94. The van der Waals surface area contributed by atoms with Crippen molar-refractivity contribution in [3.05, 3.63) is 36.8 Å². The molecule has 0 amide bonds. The number of hydrogen-bond donors (Lipinski definition) is 0. The van der Waals surface area contributed by atoms with Crippen molar-refractivity contribution in [3.8, 4) is 0 Å². The van der Waals surface area contributed by atoms with Gasteiger partial charge in [-0.3, -0.25) is 18.4 Å². The average molecular weight is 386 g/mol. The molecular weight excluding hydrogens is 361 g/mol. The summed E-state index contributed by atoms with van der Waals surface area (Å²) in [7, 11) is 0. The number of halogens is 1. The summed E-state index contributed by atoms with van der Waals surface area (Å²) in [6.07, 6.45) is 6.94. The second-order valence-electron chi connectivity index (χ2n) is 4.96. The van der Waals surface area contributed by atoms with Gasteiger partial charge < -0.3 is 53.1 Å². The molecule has 0 atom stereocenters. The van der Waals surface area contributed by atoms with Gasteiger partial charge in [0.2, 0.25) is 0 Å². The van der Waals surface area contributed by atoms with Crippen LogP contribution in [0.15, 0.2) is 16.8 Å². The fourth-order valence-electron chi connectivity index (χ4n) is 1.08. The first-order chi connectivity index (χ1) is 8.22. The van der Waals surface area contributed by atoms with E-state index in [-0.39, 0.29) is 78.7 Å². The Balaban J connectivity index is -0.0000000762. The zero-order valence-electron chi connectivity index (χ0n) is 14.9. The average Bonchev–Trinajstić information content (AvgIpc) is 2.28. The van der Waals surface area contributed by atoms with E-state index < -0.39 is 0 Å². The topological polar surface area (TPSA) is 34.7 Å². The first-order valence-electron chi connectivity index (χ1n) is 6.11. The molecule has 2 nitrogen and oxygen atoms in total. The van der Waals surface area contributed by atoms with Crippen LogP contribution in [0.25, 0.3) is 5.41 Å². The van der Waals surface area contributed by atoms with E-state index in [1.54, 1.807) is 6.92 Å². The van der Waals surface area contributed by atoms with Crippen LogP contribution in [0.5, 0.6) is 0 Å². The van der Waals surface area contributed by atoms with Gasteiger partial charge in [0.15, 0.2) is 0 Å². The molecule has 0 saturated heterocycles. The molecule has 0 fully saturated rings. The number of rotatable bonds is 6. The van der Waals surface area contributed by atoms with Gasteiger partial charge in [-0.15, -0.1) is 18.3 Å². The summed E-state index contributed by atoms with van der Waals surface area (Å²) in [6.45, 7) is 22.3. The van der Waals surface area contributed by atoms with Gasteiger partial charge >= 0.3 is 37.7 Å². The quantitative estimate of drug-likeness (QED) is 0.191. The monoisotopic (exact) mass is 386 g/mol. The van der Waals surface area contributed by atoms with Crippen LogP contribution in [0, 0.1) is 30.9 Å². The van der Waals surface area contributed by atoms with Gasteiger partial charge in [-0.25, -0.2) is 0 Å². The molecule has 0 radical (unpaired) electrons. The molecule has 21 heavy (non-hydrogen) atoms. The van der Waals surface area contributed by atoms with Gasteiger partial charge in [0.05, 0.1) is 0 Å². The zero-order chi connectivity index (χ0) is 14.8. The van der Waals surface area contributed by atoms with Crippen LogP contribution in [0.3, 0.4) is 0 Å². The summed E-state index contributed by atoms with van der Waals surface area (Å²) >= 11 is 0. The Hall–Kier alpha value is 0.745. The van der Waals surface area contributed by atoms with Crippen molar-refractivity contribution >= 4 is 11.9 Å². The van der Waals surface area contributed by atoms with E-state index in [0.29, 0.717) is 5.70 Å². The number of nitrogens with zero attached hydrogens (tertiary/aromatic N) is 2. The zero-order valence-corrected chi connectivity index (χ0v) is 17.0. The van der Waals surface area contributed by atoms with Crippen molar-refractivity contribution in [2.45, 2.75) is 48.0 Å². The van der Waals surface area contributed by atoms with Crippen LogP contribution in [-0.2, 0) is 0 Å². The third-order valence-electron chi connectivity index (χ3n) is 2.40. The Morgan fingerprint density at radius 2 is 1.81 bits per heavy atom. The Morgan fingerprint density at radius 1 is 1.38 bits per heavy atom. The third-order valence-corrected chi connectivity index (χ3v) is 2.40. The number of hydrogen-bond acceptors (Lipinski definition) is 1. The Labute approximate surface area is 173 Å². The molecule has 0 bridgehead atoms. The smallest absolute Gasteiger partial charge is 1.00 e. The molecule has 112 valence electrons. The molecule has 0 N–H and O–H groups in total. The summed E-state index contributed by atoms with van der Waals surface area (Å²) in [5.74, 6) is 0.157. The van der Waals surface area contributed by atoms with Crippen LogP contribution in [0.4, 0.5) is 0 Å². The van der Waals surface area contributed by atoms with Crippen molar-refractivity contribution in [2.75, 3.05) is 0 Å². The molecule has 0 saturated carbocycles. The molecule has 0 aromatic rings. The minimum absolute atomic E-state index is 0. The van der Waals surface area contributed by atoms with E-state index >= 15 is 0 Å². The van der Waals surface area contributed by atoms with Gasteiger partial charge in [-0.1, -0.05) is 27.7 Å². The minimum atomic E-state index is -0.0300. The van der Waals surface area contributed by atoms with Crippen LogP contribution < -0.4 is 61.7 Å². The van der Waals surface area contributed by atoms with E-state index in [9.17, 15) is 0 Å². The molecule has 0 aliphatic heterocycles. The van der Waals surface area contributed by atoms with Gasteiger partial charge in [-0.2, -0.15) is 19.6 Å². The second-order valence-corrected chi connectivity index (χ2v) is 4.96. The van der Waals surface area contributed by atoms with Crippen LogP contribution >= 0.6 is 0 Å². The van der Waals surface area contributed by atoms with Crippen molar-refractivity contribution in [1.82, 2.24) is 0 Å². The first kappa shape index (κ1) is 33.4. The van der Waals surface area contributed by atoms with E-state index in [0.717, 1.165) is 6.42 Å².